The molecule has 90 valence electrons. The summed E-state index contributed by atoms with van der Waals surface area (Å²) in [7, 11) is 0. The summed E-state index contributed by atoms with van der Waals surface area (Å²) < 4.78 is 13.2. The third-order valence-corrected chi connectivity index (χ3v) is 2.66. The summed E-state index contributed by atoms with van der Waals surface area (Å²) in [6, 6.07) is 6.38. The highest BCUT2D eigenvalue weighted by Crippen LogP contribution is 2.35. The van der Waals surface area contributed by atoms with Crippen LogP contribution in [0.2, 0.25) is 0 Å². The third kappa shape index (κ3) is 2.16. The van der Waals surface area contributed by atoms with E-state index in [1.54, 1.807) is 6.07 Å². The molecule has 0 fully saturated rings. The molecule has 1 aromatic carbocycles. The van der Waals surface area contributed by atoms with Crippen LogP contribution in [0, 0.1) is 5.82 Å². The molecule has 1 heterocycles. The molecule has 0 unspecified atom stereocenters. The summed E-state index contributed by atoms with van der Waals surface area (Å²) in [5, 5.41) is 6.95. The molecule has 17 heavy (non-hydrogen) atoms. The SMILES string of the molecule is CC(C)(C)c1[nH]nc(N)c1-c1cccc(F)c1. The van der Waals surface area contributed by atoms with Crippen molar-refractivity contribution >= 4 is 5.82 Å². The first-order valence-corrected chi connectivity index (χ1v) is 5.50. The fraction of sp³-hybridized carbons (Fsp3) is 0.308. The largest absolute Gasteiger partial charge is 0.382 e. The van der Waals surface area contributed by atoms with Crippen molar-refractivity contribution in [2.45, 2.75) is 26.2 Å². The Morgan fingerprint density at radius 1 is 1.29 bits per heavy atom. The predicted molar refractivity (Wildman–Crippen MR) is 67.1 cm³/mol. The molecule has 0 radical (unpaired) electrons. The van der Waals surface area contributed by atoms with Gasteiger partial charge < -0.3 is 5.73 Å². The van der Waals surface area contributed by atoms with Crippen LogP contribution in [0.15, 0.2) is 24.3 Å². The molecule has 0 atom stereocenters. The number of nitrogens with zero attached hydrogens (tertiary/aromatic N) is 1. The summed E-state index contributed by atoms with van der Waals surface area (Å²) in [5.41, 5.74) is 8.19. The van der Waals surface area contributed by atoms with Crippen molar-refractivity contribution < 1.29 is 4.39 Å². The van der Waals surface area contributed by atoms with E-state index < -0.39 is 0 Å². The molecule has 3 N–H and O–H groups in total. The van der Waals surface area contributed by atoms with Crippen LogP contribution < -0.4 is 5.73 Å². The Morgan fingerprint density at radius 2 is 2.00 bits per heavy atom. The maximum absolute atomic E-state index is 13.2. The van der Waals surface area contributed by atoms with Gasteiger partial charge in [0.15, 0.2) is 5.82 Å². The van der Waals surface area contributed by atoms with Gasteiger partial charge >= 0.3 is 0 Å². The highest BCUT2D eigenvalue weighted by molar-refractivity contribution is 5.77. The fourth-order valence-corrected chi connectivity index (χ4v) is 1.83. The monoisotopic (exact) mass is 233 g/mol. The van der Waals surface area contributed by atoms with Crippen molar-refractivity contribution in [3.8, 4) is 11.1 Å². The van der Waals surface area contributed by atoms with Crippen molar-refractivity contribution in [3.05, 3.63) is 35.8 Å². The molecular weight excluding hydrogens is 217 g/mol. The number of rotatable bonds is 1. The lowest BCUT2D eigenvalue weighted by Gasteiger charge is -2.18. The van der Waals surface area contributed by atoms with Gasteiger partial charge in [0.25, 0.3) is 0 Å². The topological polar surface area (TPSA) is 54.7 Å². The Balaban J connectivity index is 2.63. The van der Waals surface area contributed by atoms with E-state index >= 15 is 0 Å². The molecule has 0 spiro atoms. The van der Waals surface area contributed by atoms with E-state index in [-0.39, 0.29) is 11.2 Å². The van der Waals surface area contributed by atoms with E-state index in [2.05, 4.69) is 31.0 Å². The van der Waals surface area contributed by atoms with Crippen LogP contribution in [0.3, 0.4) is 0 Å². The number of benzene rings is 1. The minimum atomic E-state index is -0.275. The normalized spacial score (nSPS) is 11.8. The second kappa shape index (κ2) is 3.87. The fourth-order valence-electron chi connectivity index (χ4n) is 1.83. The van der Waals surface area contributed by atoms with Crippen LogP contribution in [0.25, 0.3) is 11.1 Å². The first-order valence-electron chi connectivity index (χ1n) is 5.50. The lowest BCUT2D eigenvalue weighted by atomic mass is 9.87. The van der Waals surface area contributed by atoms with Gasteiger partial charge in [-0.3, -0.25) is 5.10 Å². The first-order chi connectivity index (χ1) is 7.89. The Morgan fingerprint density at radius 3 is 2.59 bits per heavy atom. The number of hydrogen-bond acceptors (Lipinski definition) is 2. The number of H-pyrrole nitrogens is 1. The molecule has 0 amide bonds. The van der Waals surface area contributed by atoms with Gasteiger partial charge in [0, 0.05) is 11.0 Å². The molecule has 0 bridgehead atoms. The standard InChI is InChI=1S/C13H16FN3/c1-13(2,3)11-10(12(15)17-16-11)8-5-4-6-9(14)7-8/h4-7H,1-3H3,(H3,15,16,17). The lowest BCUT2D eigenvalue weighted by Crippen LogP contribution is -2.13. The number of aromatic amines is 1. The zero-order valence-electron chi connectivity index (χ0n) is 10.2. The van der Waals surface area contributed by atoms with Gasteiger partial charge in [-0.2, -0.15) is 5.10 Å². The van der Waals surface area contributed by atoms with Crippen LogP contribution in [0.1, 0.15) is 26.5 Å². The van der Waals surface area contributed by atoms with Gasteiger partial charge in [-0.05, 0) is 17.7 Å². The van der Waals surface area contributed by atoms with E-state index in [1.165, 1.54) is 12.1 Å². The summed E-state index contributed by atoms with van der Waals surface area (Å²) >= 11 is 0. The molecule has 0 aliphatic heterocycles. The van der Waals surface area contributed by atoms with E-state index in [1.807, 2.05) is 6.07 Å². The maximum Gasteiger partial charge on any atom is 0.153 e. The smallest absolute Gasteiger partial charge is 0.153 e. The van der Waals surface area contributed by atoms with Crippen LogP contribution in [-0.2, 0) is 5.41 Å². The van der Waals surface area contributed by atoms with Gasteiger partial charge in [0.1, 0.15) is 5.82 Å². The van der Waals surface area contributed by atoms with Crippen molar-refractivity contribution in [2.24, 2.45) is 0 Å². The van der Waals surface area contributed by atoms with Crippen molar-refractivity contribution in [2.75, 3.05) is 5.73 Å². The molecule has 0 saturated carbocycles. The molecule has 0 saturated heterocycles. The van der Waals surface area contributed by atoms with Gasteiger partial charge in [-0.1, -0.05) is 32.9 Å². The Bertz CT molecular complexity index is 538. The highest BCUT2D eigenvalue weighted by atomic mass is 19.1. The van der Waals surface area contributed by atoms with Gasteiger partial charge in [-0.25, -0.2) is 4.39 Å². The number of nitrogens with two attached hydrogens (primary N) is 1. The lowest BCUT2D eigenvalue weighted by molar-refractivity contribution is 0.568. The first kappa shape index (κ1) is 11.6. The van der Waals surface area contributed by atoms with Gasteiger partial charge in [-0.15, -0.1) is 0 Å². The Labute approximate surface area is 99.9 Å². The van der Waals surface area contributed by atoms with E-state index in [0.717, 1.165) is 16.8 Å². The number of aromatic nitrogens is 2. The zero-order valence-corrected chi connectivity index (χ0v) is 10.2. The van der Waals surface area contributed by atoms with Crippen LogP contribution in [-0.4, -0.2) is 10.2 Å². The summed E-state index contributed by atoms with van der Waals surface area (Å²) in [6.45, 7) is 6.17. The van der Waals surface area contributed by atoms with Crippen LogP contribution >= 0.6 is 0 Å². The summed E-state index contributed by atoms with van der Waals surface area (Å²) in [6.07, 6.45) is 0. The van der Waals surface area contributed by atoms with Crippen molar-refractivity contribution in [1.29, 1.82) is 0 Å². The summed E-state index contributed by atoms with van der Waals surface area (Å²) in [4.78, 5) is 0. The maximum atomic E-state index is 13.2. The second-order valence-electron chi connectivity index (χ2n) is 5.12. The number of nitrogen functional groups attached to an aromatic ring is 1. The molecule has 2 rings (SSSR count). The van der Waals surface area contributed by atoms with E-state index in [9.17, 15) is 4.39 Å². The molecule has 0 aliphatic rings. The number of hydrogen-bond donors (Lipinski definition) is 2. The zero-order chi connectivity index (χ0) is 12.6. The molecule has 2 aromatic rings. The highest BCUT2D eigenvalue weighted by Gasteiger charge is 2.23. The van der Waals surface area contributed by atoms with E-state index in [4.69, 9.17) is 5.73 Å². The molecular formula is C13H16FN3. The Hall–Kier alpha value is -1.84. The van der Waals surface area contributed by atoms with Gasteiger partial charge in [0.05, 0.1) is 5.69 Å². The summed E-state index contributed by atoms with van der Waals surface area (Å²) in [5.74, 6) is 0.128. The van der Waals surface area contributed by atoms with Crippen molar-refractivity contribution in [3.63, 3.8) is 0 Å². The Kier molecular flexibility index (Phi) is 2.65. The number of nitrogens with one attached hydrogen (secondary N) is 1. The van der Waals surface area contributed by atoms with Crippen LogP contribution in [0.5, 0.6) is 0 Å². The molecule has 3 nitrogen and oxygen atoms in total. The van der Waals surface area contributed by atoms with E-state index in [0.29, 0.717) is 5.82 Å². The van der Waals surface area contributed by atoms with Gasteiger partial charge in [0.2, 0.25) is 0 Å². The van der Waals surface area contributed by atoms with Crippen LogP contribution in [0.4, 0.5) is 10.2 Å². The number of halogens is 1. The minimum Gasteiger partial charge on any atom is -0.382 e. The average Bonchev–Trinajstić information content (AvgIpc) is 2.59. The van der Waals surface area contributed by atoms with Crippen molar-refractivity contribution in [1.82, 2.24) is 10.2 Å². The molecule has 1 aromatic heterocycles. The average molecular weight is 233 g/mol. The second-order valence-corrected chi connectivity index (χ2v) is 5.12. The minimum absolute atomic E-state index is 0.119. The number of anilines is 1. The predicted octanol–water partition coefficient (Wildman–Crippen LogP) is 3.10. The quantitative estimate of drug-likeness (QED) is 0.795. The molecule has 4 heteroatoms. The molecule has 0 aliphatic carbocycles. The third-order valence-electron chi connectivity index (χ3n) is 2.66.